The zero-order valence-electron chi connectivity index (χ0n) is 12.9. The third-order valence-corrected chi connectivity index (χ3v) is 3.43. The first-order chi connectivity index (χ1) is 10.5. The highest BCUT2D eigenvalue weighted by atomic mass is 16.4. The SMILES string of the molecule is CCN(CC)c1cc(C(=O)O)c2cc(NC(C)=O)ccc2n1. The number of hydrogen-bond acceptors (Lipinski definition) is 4. The van der Waals surface area contributed by atoms with Crippen LogP contribution in [0.3, 0.4) is 0 Å². The predicted octanol–water partition coefficient (Wildman–Crippen LogP) is 2.74. The summed E-state index contributed by atoms with van der Waals surface area (Å²) >= 11 is 0. The van der Waals surface area contributed by atoms with Gasteiger partial charge < -0.3 is 15.3 Å². The minimum Gasteiger partial charge on any atom is -0.478 e. The number of amides is 1. The lowest BCUT2D eigenvalue weighted by Gasteiger charge is -2.21. The Labute approximate surface area is 128 Å². The number of aromatic carboxylic acids is 1. The minimum absolute atomic E-state index is 0.180. The fourth-order valence-electron chi connectivity index (χ4n) is 2.38. The van der Waals surface area contributed by atoms with Crippen LogP contribution in [0, 0.1) is 0 Å². The first-order valence-electron chi connectivity index (χ1n) is 7.16. The van der Waals surface area contributed by atoms with Crippen LogP contribution in [-0.4, -0.2) is 35.1 Å². The molecule has 0 bridgehead atoms. The number of carbonyl (C=O) groups excluding carboxylic acids is 1. The van der Waals surface area contributed by atoms with E-state index in [1.165, 1.54) is 6.92 Å². The molecule has 0 saturated carbocycles. The largest absolute Gasteiger partial charge is 0.478 e. The Balaban J connectivity index is 2.63. The number of hydrogen-bond donors (Lipinski definition) is 2. The summed E-state index contributed by atoms with van der Waals surface area (Å²) in [5, 5.41) is 12.6. The van der Waals surface area contributed by atoms with E-state index in [-0.39, 0.29) is 11.5 Å². The summed E-state index contributed by atoms with van der Waals surface area (Å²) in [5.74, 6) is -0.577. The lowest BCUT2D eigenvalue weighted by molar-refractivity contribution is -0.114. The van der Waals surface area contributed by atoms with Gasteiger partial charge in [-0.3, -0.25) is 4.79 Å². The molecule has 1 aromatic carbocycles. The Morgan fingerprint density at radius 2 is 1.91 bits per heavy atom. The maximum Gasteiger partial charge on any atom is 0.336 e. The average Bonchev–Trinajstić information content (AvgIpc) is 2.47. The third-order valence-electron chi connectivity index (χ3n) is 3.43. The second-order valence-corrected chi connectivity index (χ2v) is 4.92. The van der Waals surface area contributed by atoms with E-state index in [1.54, 1.807) is 24.3 Å². The molecule has 1 amide bonds. The Kier molecular flexibility index (Phi) is 4.60. The highest BCUT2D eigenvalue weighted by molar-refractivity contribution is 6.05. The van der Waals surface area contributed by atoms with Crippen LogP contribution in [-0.2, 0) is 4.79 Å². The number of aromatic nitrogens is 1. The van der Waals surface area contributed by atoms with Gasteiger partial charge in [-0.2, -0.15) is 0 Å². The molecule has 6 nitrogen and oxygen atoms in total. The normalized spacial score (nSPS) is 10.5. The second kappa shape index (κ2) is 6.43. The van der Waals surface area contributed by atoms with E-state index < -0.39 is 5.97 Å². The molecule has 2 aromatic rings. The second-order valence-electron chi connectivity index (χ2n) is 4.92. The molecular formula is C16H19N3O3. The quantitative estimate of drug-likeness (QED) is 0.887. The van der Waals surface area contributed by atoms with Gasteiger partial charge in [0.15, 0.2) is 0 Å². The van der Waals surface area contributed by atoms with Crippen LogP contribution < -0.4 is 10.2 Å². The molecule has 0 radical (unpaired) electrons. The van der Waals surface area contributed by atoms with Gasteiger partial charge in [-0.15, -0.1) is 0 Å². The van der Waals surface area contributed by atoms with Crippen molar-refractivity contribution in [1.29, 1.82) is 0 Å². The molecule has 0 fully saturated rings. The molecule has 0 saturated heterocycles. The van der Waals surface area contributed by atoms with Gasteiger partial charge >= 0.3 is 5.97 Å². The number of fused-ring (bicyclic) bond motifs is 1. The van der Waals surface area contributed by atoms with Gasteiger partial charge in [0.05, 0.1) is 11.1 Å². The number of anilines is 2. The van der Waals surface area contributed by atoms with Gasteiger partial charge in [0.25, 0.3) is 0 Å². The standard InChI is InChI=1S/C16H19N3O3/c1-4-19(5-2)15-9-13(16(21)22)12-8-11(17-10(3)20)6-7-14(12)18-15/h6-9H,4-5H2,1-3H3,(H,17,20)(H,21,22). The molecule has 116 valence electrons. The topological polar surface area (TPSA) is 82.5 Å². The zero-order chi connectivity index (χ0) is 16.3. The Morgan fingerprint density at radius 3 is 2.45 bits per heavy atom. The molecule has 1 heterocycles. The van der Waals surface area contributed by atoms with Crippen LogP contribution >= 0.6 is 0 Å². The highest BCUT2D eigenvalue weighted by Crippen LogP contribution is 2.26. The molecule has 2 rings (SSSR count). The molecule has 0 aliphatic heterocycles. The van der Waals surface area contributed by atoms with Crippen molar-refractivity contribution in [2.75, 3.05) is 23.3 Å². The maximum atomic E-state index is 11.6. The number of carboxylic acid groups (broad SMARTS) is 1. The number of benzene rings is 1. The molecule has 0 unspecified atom stereocenters. The lowest BCUT2D eigenvalue weighted by atomic mass is 10.1. The van der Waals surface area contributed by atoms with Crippen molar-refractivity contribution in [3.05, 3.63) is 29.8 Å². The van der Waals surface area contributed by atoms with Crippen LogP contribution in [0.25, 0.3) is 10.9 Å². The fourth-order valence-corrected chi connectivity index (χ4v) is 2.38. The van der Waals surface area contributed by atoms with Crippen LogP contribution in [0.5, 0.6) is 0 Å². The number of rotatable bonds is 5. The molecule has 0 aliphatic rings. The van der Waals surface area contributed by atoms with Gasteiger partial charge in [-0.05, 0) is 38.1 Å². The fraction of sp³-hybridized carbons (Fsp3) is 0.312. The van der Waals surface area contributed by atoms with Crippen LogP contribution in [0.1, 0.15) is 31.1 Å². The summed E-state index contributed by atoms with van der Waals surface area (Å²) < 4.78 is 0. The summed E-state index contributed by atoms with van der Waals surface area (Å²) in [6, 6.07) is 6.66. The predicted molar refractivity (Wildman–Crippen MR) is 86.6 cm³/mol. The smallest absolute Gasteiger partial charge is 0.336 e. The molecular weight excluding hydrogens is 282 g/mol. The summed E-state index contributed by atoms with van der Waals surface area (Å²) in [6.45, 7) is 6.89. The molecule has 2 N–H and O–H groups in total. The number of carbonyl (C=O) groups is 2. The Bertz CT molecular complexity index is 724. The van der Waals surface area contributed by atoms with E-state index in [4.69, 9.17) is 0 Å². The van der Waals surface area contributed by atoms with E-state index in [1.807, 2.05) is 18.7 Å². The van der Waals surface area contributed by atoms with Crippen LogP contribution in [0.15, 0.2) is 24.3 Å². The third kappa shape index (κ3) is 3.16. The van der Waals surface area contributed by atoms with Crippen molar-refractivity contribution >= 4 is 34.3 Å². The first-order valence-corrected chi connectivity index (χ1v) is 7.16. The average molecular weight is 301 g/mol. The van der Waals surface area contributed by atoms with E-state index in [2.05, 4.69) is 10.3 Å². The molecule has 0 spiro atoms. The maximum absolute atomic E-state index is 11.6. The lowest BCUT2D eigenvalue weighted by Crippen LogP contribution is -2.23. The highest BCUT2D eigenvalue weighted by Gasteiger charge is 2.15. The number of pyridine rings is 1. The molecule has 1 aromatic heterocycles. The van der Waals surface area contributed by atoms with Crippen molar-refractivity contribution in [3.63, 3.8) is 0 Å². The van der Waals surface area contributed by atoms with E-state index in [9.17, 15) is 14.7 Å². The molecule has 22 heavy (non-hydrogen) atoms. The van der Waals surface area contributed by atoms with E-state index in [0.717, 1.165) is 13.1 Å². The van der Waals surface area contributed by atoms with Crippen molar-refractivity contribution in [3.8, 4) is 0 Å². The molecule has 0 aliphatic carbocycles. The van der Waals surface area contributed by atoms with Gasteiger partial charge in [0, 0.05) is 31.1 Å². The van der Waals surface area contributed by atoms with Crippen molar-refractivity contribution in [1.82, 2.24) is 4.98 Å². The molecule has 0 atom stereocenters. The van der Waals surface area contributed by atoms with Crippen LogP contribution in [0.4, 0.5) is 11.5 Å². The monoisotopic (exact) mass is 301 g/mol. The van der Waals surface area contributed by atoms with Crippen molar-refractivity contribution in [2.24, 2.45) is 0 Å². The van der Waals surface area contributed by atoms with Crippen molar-refractivity contribution in [2.45, 2.75) is 20.8 Å². The van der Waals surface area contributed by atoms with E-state index >= 15 is 0 Å². The zero-order valence-corrected chi connectivity index (χ0v) is 12.9. The van der Waals surface area contributed by atoms with Gasteiger partial charge in [0.2, 0.25) is 5.91 Å². The van der Waals surface area contributed by atoms with Crippen molar-refractivity contribution < 1.29 is 14.7 Å². The summed E-state index contributed by atoms with van der Waals surface area (Å²) in [7, 11) is 0. The van der Waals surface area contributed by atoms with Gasteiger partial charge in [-0.1, -0.05) is 0 Å². The number of carboxylic acids is 1. The van der Waals surface area contributed by atoms with E-state index in [0.29, 0.717) is 22.4 Å². The van der Waals surface area contributed by atoms with Crippen LogP contribution in [0.2, 0.25) is 0 Å². The summed E-state index contributed by atoms with van der Waals surface area (Å²) in [5.41, 5.74) is 1.33. The Morgan fingerprint density at radius 1 is 1.23 bits per heavy atom. The Hall–Kier alpha value is -2.63. The number of nitrogens with one attached hydrogen (secondary N) is 1. The summed E-state index contributed by atoms with van der Waals surface area (Å²) in [6.07, 6.45) is 0. The minimum atomic E-state index is -1.01. The summed E-state index contributed by atoms with van der Waals surface area (Å²) in [4.78, 5) is 29.2. The van der Waals surface area contributed by atoms with Gasteiger partial charge in [-0.25, -0.2) is 9.78 Å². The van der Waals surface area contributed by atoms with Gasteiger partial charge in [0.1, 0.15) is 5.82 Å². The number of nitrogens with zero attached hydrogens (tertiary/aromatic N) is 2. The first kappa shape index (κ1) is 15.8. The molecule has 6 heteroatoms.